The van der Waals surface area contributed by atoms with Gasteiger partial charge in [0.25, 0.3) is 0 Å². The van der Waals surface area contributed by atoms with Crippen molar-refractivity contribution < 1.29 is 5.11 Å². The molecule has 2 aromatic rings. The van der Waals surface area contributed by atoms with Gasteiger partial charge in [-0.1, -0.05) is 19.1 Å². The molecular formula is C16H24N4O. The van der Waals surface area contributed by atoms with E-state index in [1.54, 1.807) is 0 Å². The molecule has 0 radical (unpaired) electrons. The predicted molar refractivity (Wildman–Crippen MR) is 84.1 cm³/mol. The van der Waals surface area contributed by atoms with Crippen LogP contribution in [0.5, 0.6) is 0 Å². The Labute approximate surface area is 125 Å². The largest absolute Gasteiger partial charge is 0.392 e. The van der Waals surface area contributed by atoms with E-state index in [-0.39, 0.29) is 6.10 Å². The molecule has 5 heteroatoms. The second-order valence-corrected chi connectivity index (χ2v) is 5.84. The molecule has 0 spiro atoms. The fourth-order valence-corrected chi connectivity index (χ4v) is 2.85. The summed E-state index contributed by atoms with van der Waals surface area (Å²) in [6, 6.07) is 8.15. The summed E-state index contributed by atoms with van der Waals surface area (Å²) >= 11 is 0. The minimum Gasteiger partial charge on any atom is -0.392 e. The molecule has 1 aromatic carbocycles. The van der Waals surface area contributed by atoms with Gasteiger partial charge in [0.15, 0.2) is 0 Å². The summed E-state index contributed by atoms with van der Waals surface area (Å²) < 4.78 is 0. The number of piperazine rings is 1. The van der Waals surface area contributed by atoms with Gasteiger partial charge in [-0.05, 0) is 18.6 Å². The summed E-state index contributed by atoms with van der Waals surface area (Å²) in [7, 11) is 0. The number of nitrogens with one attached hydrogen (secondary N) is 1. The van der Waals surface area contributed by atoms with E-state index in [9.17, 15) is 5.11 Å². The first-order valence-electron chi connectivity index (χ1n) is 7.81. The minimum atomic E-state index is -0.188. The Bertz CT molecular complexity index is 541. The number of hydrogen-bond acceptors (Lipinski definition) is 4. The smallest absolute Gasteiger partial charge is 0.121 e. The van der Waals surface area contributed by atoms with Crippen LogP contribution >= 0.6 is 0 Å². The Kier molecular flexibility index (Phi) is 4.53. The highest BCUT2D eigenvalue weighted by molar-refractivity contribution is 5.74. The lowest BCUT2D eigenvalue weighted by Gasteiger charge is -2.35. The third kappa shape index (κ3) is 3.61. The number of rotatable bonds is 5. The van der Waals surface area contributed by atoms with Gasteiger partial charge < -0.3 is 10.1 Å². The topological polar surface area (TPSA) is 55.4 Å². The fraction of sp³-hybridized carbons (Fsp3) is 0.562. The molecule has 21 heavy (non-hydrogen) atoms. The molecule has 1 aliphatic heterocycles. The maximum absolute atomic E-state index is 9.72. The maximum atomic E-state index is 9.72. The number of H-pyrrole nitrogens is 1. The van der Waals surface area contributed by atoms with E-state index >= 15 is 0 Å². The first kappa shape index (κ1) is 14.5. The SMILES string of the molecule is CCC(O)CN1CCN(Cc2nc3ccccc3[nH]2)CC1. The van der Waals surface area contributed by atoms with Gasteiger partial charge in [-0.3, -0.25) is 9.80 Å². The zero-order valence-electron chi connectivity index (χ0n) is 12.6. The van der Waals surface area contributed by atoms with E-state index in [1.165, 1.54) is 0 Å². The van der Waals surface area contributed by atoms with Crippen LogP contribution in [0.2, 0.25) is 0 Å². The summed E-state index contributed by atoms with van der Waals surface area (Å²) in [6.07, 6.45) is 0.645. The number of aliphatic hydroxyl groups is 1. The van der Waals surface area contributed by atoms with Crippen molar-refractivity contribution in [1.29, 1.82) is 0 Å². The highest BCUT2D eigenvalue weighted by Crippen LogP contribution is 2.13. The zero-order valence-corrected chi connectivity index (χ0v) is 12.6. The number of para-hydroxylation sites is 2. The Morgan fingerprint density at radius 3 is 2.62 bits per heavy atom. The monoisotopic (exact) mass is 288 g/mol. The van der Waals surface area contributed by atoms with E-state index in [2.05, 4.69) is 25.8 Å². The van der Waals surface area contributed by atoms with E-state index in [0.717, 1.165) is 62.5 Å². The van der Waals surface area contributed by atoms with Crippen molar-refractivity contribution in [2.45, 2.75) is 26.0 Å². The lowest BCUT2D eigenvalue weighted by molar-refractivity contribution is 0.0679. The maximum Gasteiger partial charge on any atom is 0.121 e. The second-order valence-electron chi connectivity index (χ2n) is 5.84. The second kappa shape index (κ2) is 6.56. The quantitative estimate of drug-likeness (QED) is 0.874. The summed E-state index contributed by atoms with van der Waals surface area (Å²) in [5.41, 5.74) is 2.15. The number of aliphatic hydroxyl groups excluding tert-OH is 1. The molecule has 3 rings (SSSR count). The Balaban J connectivity index is 1.53. The van der Waals surface area contributed by atoms with Gasteiger partial charge in [-0.25, -0.2) is 4.98 Å². The molecule has 0 amide bonds. The average Bonchev–Trinajstić information content (AvgIpc) is 2.91. The van der Waals surface area contributed by atoms with Gasteiger partial charge in [0.1, 0.15) is 5.82 Å². The standard InChI is InChI=1S/C16H24N4O/c1-2-13(21)11-19-7-9-20(10-8-19)12-16-17-14-5-3-4-6-15(14)18-16/h3-6,13,21H,2,7-12H2,1H3,(H,17,18). The van der Waals surface area contributed by atoms with Crippen molar-refractivity contribution in [1.82, 2.24) is 19.8 Å². The van der Waals surface area contributed by atoms with Gasteiger partial charge in [0.05, 0.1) is 23.7 Å². The van der Waals surface area contributed by atoms with Crippen LogP contribution < -0.4 is 0 Å². The van der Waals surface area contributed by atoms with Crippen molar-refractivity contribution in [3.05, 3.63) is 30.1 Å². The molecule has 1 fully saturated rings. The van der Waals surface area contributed by atoms with Crippen LogP contribution in [-0.4, -0.2) is 63.7 Å². The Hall–Kier alpha value is -1.43. The predicted octanol–water partition coefficient (Wildman–Crippen LogP) is 1.45. The molecule has 1 unspecified atom stereocenters. The van der Waals surface area contributed by atoms with Crippen LogP contribution in [0.3, 0.4) is 0 Å². The van der Waals surface area contributed by atoms with Crippen LogP contribution in [0.25, 0.3) is 11.0 Å². The van der Waals surface area contributed by atoms with Gasteiger partial charge in [0.2, 0.25) is 0 Å². The fourth-order valence-electron chi connectivity index (χ4n) is 2.85. The van der Waals surface area contributed by atoms with Crippen LogP contribution in [0.1, 0.15) is 19.2 Å². The normalized spacial score (nSPS) is 19.1. The van der Waals surface area contributed by atoms with E-state index < -0.39 is 0 Å². The number of imidazole rings is 1. The van der Waals surface area contributed by atoms with E-state index in [4.69, 9.17) is 0 Å². The first-order chi connectivity index (χ1) is 10.2. The molecule has 1 saturated heterocycles. The summed E-state index contributed by atoms with van der Waals surface area (Å²) in [4.78, 5) is 12.8. The van der Waals surface area contributed by atoms with E-state index in [1.807, 2.05) is 25.1 Å². The average molecular weight is 288 g/mol. The van der Waals surface area contributed by atoms with Crippen molar-refractivity contribution in [3.63, 3.8) is 0 Å². The molecule has 0 saturated carbocycles. The number of nitrogens with zero attached hydrogens (tertiary/aromatic N) is 3. The molecule has 1 aliphatic rings. The van der Waals surface area contributed by atoms with Crippen molar-refractivity contribution in [2.75, 3.05) is 32.7 Å². The zero-order chi connectivity index (χ0) is 14.7. The molecular weight excluding hydrogens is 264 g/mol. The molecule has 0 aliphatic carbocycles. The third-order valence-corrected chi connectivity index (χ3v) is 4.22. The summed E-state index contributed by atoms with van der Waals surface area (Å²) in [6.45, 7) is 7.83. The Morgan fingerprint density at radius 2 is 1.90 bits per heavy atom. The lowest BCUT2D eigenvalue weighted by atomic mass is 10.2. The van der Waals surface area contributed by atoms with Crippen molar-refractivity contribution in [3.8, 4) is 0 Å². The molecule has 114 valence electrons. The number of aromatic nitrogens is 2. The van der Waals surface area contributed by atoms with Crippen LogP contribution in [0.4, 0.5) is 0 Å². The Morgan fingerprint density at radius 1 is 1.19 bits per heavy atom. The molecule has 1 atom stereocenters. The number of fused-ring (bicyclic) bond motifs is 1. The number of aromatic amines is 1. The molecule has 1 aromatic heterocycles. The van der Waals surface area contributed by atoms with Gasteiger partial charge >= 0.3 is 0 Å². The third-order valence-electron chi connectivity index (χ3n) is 4.22. The lowest BCUT2D eigenvalue weighted by Crippen LogP contribution is -2.48. The summed E-state index contributed by atoms with van der Waals surface area (Å²) in [5.74, 6) is 1.04. The highest BCUT2D eigenvalue weighted by atomic mass is 16.3. The minimum absolute atomic E-state index is 0.188. The molecule has 5 nitrogen and oxygen atoms in total. The van der Waals surface area contributed by atoms with Crippen LogP contribution in [0.15, 0.2) is 24.3 Å². The van der Waals surface area contributed by atoms with Crippen LogP contribution in [0, 0.1) is 0 Å². The molecule has 0 bridgehead atoms. The number of hydrogen-bond donors (Lipinski definition) is 2. The van der Waals surface area contributed by atoms with Crippen molar-refractivity contribution in [2.24, 2.45) is 0 Å². The van der Waals surface area contributed by atoms with E-state index in [0.29, 0.717) is 0 Å². The number of benzene rings is 1. The summed E-state index contributed by atoms with van der Waals surface area (Å²) in [5, 5.41) is 9.72. The number of β-amino-alcohol motifs (C(OH)–C–C–N with tert-alkyl or cyclic N) is 1. The van der Waals surface area contributed by atoms with Gasteiger partial charge in [0, 0.05) is 32.7 Å². The van der Waals surface area contributed by atoms with Crippen LogP contribution in [-0.2, 0) is 6.54 Å². The van der Waals surface area contributed by atoms with Gasteiger partial charge in [-0.15, -0.1) is 0 Å². The molecule has 2 heterocycles. The molecule has 2 N–H and O–H groups in total. The first-order valence-corrected chi connectivity index (χ1v) is 7.81. The highest BCUT2D eigenvalue weighted by Gasteiger charge is 2.19. The van der Waals surface area contributed by atoms with Gasteiger partial charge in [-0.2, -0.15) is 0 Å². The van der Waals surface area contributed by atoms with Crippen molar-refractivity contribution >= 4 is 11.0 Å².